The fraction of sp³-hybridized carbons (Fsp3) is 0.400. The number of hydrogen-bond acceptors (Lipinski definition) is 6. The number of esters is 2. The van der Waals surface area contributed by atoms with Crippen molar-refractivity contribution < 1.29 is 29.0 Å². The zero-order chi connectivity index (χ0) is 23.8. The van der Waals surface area contributed by atoms with Crippen LogP contribution in [0.5, 0.6) is 11.5 Å². The van der Waals surface area contributed by atoms with Crippen molar-refractivity contribution in [3.05, 3.63) is 58.7 Å². The molecule has 0 saturated heterocycles. The molecule has 0 aliphatic carbocycles. The Kier molecular flexibility index (Phi) is 8.81. The lowest BCUT2D eigenvalue weighted by Gasteiger charge is -2.20. The molecule has 7 nitrogen and oxygen atoms in total. The molecular formula is C25H31NO6. The number of rotatable bonds is 9. The van der Waals surface area contributed by atoms with Crippen molar-refractivity contribution in [3.63, 3.8) is 0 Å². The van der Waals surface area contributed by atoms with Crippen molar-refractivity contribution in [2.24, 2.45) is 11.8 Å². The first-order valence-corrected chi connectivity index (χ1v) is 10.6. The lowest BCUT2D eigenvalue weighted by atomic mass is 9.91. The van der Waals surface area contributed by atoms with E-state index < -0.39 is 17.9 Å². The molecule has 0 aliphatic heterocycles. The number of aromatic hydroxyl groups is 1. The van der Waals surface area contributed by atoms with Gasteiger partial charge in [-0.2, -0.15) is 0 Å². The van der Waals surface area contributed by atoms with Gasteiger partial charge >= 0.3 is 11.9 Å². The van der Waals surface area contributed by atoms with Crippen molar-refractivity contribution in [1.29, 1.82) is 0 Å². The Hall–Kier alpha value is -3.35. The summed E-state index contributed by atoms with van der Waals surface area (Å²) in [5, 5.41) is 12.5. The lowest BCUT2D eigenvalue weighted by Crippen LogP contribution is -2.35. The van der Waals surface area contributed by atoms with E-state index in [-0.39, 0.29) is 30.6 Å². The third-order valence-electron chi connectivity index (χ3n) is 5.15. The average Bonchev–Trinajstić information content (AvgIpc) is 2.72. The highest BCUT2D eigenvalue weighted by Crippen LogP contribution is 2.21. The Morgan fingerprint density at radius 3 is 2.25 bits per heavy atom. The number of hydrogen-bond donors (Lipinski definition) is 2. The molecule has 0 bridgehead atoms. The molecule has 2 rings (SSSR count). The van der Waals surface area contributed by atoms with Crippen LogP contribution in [0.2, 0.25) is 0 Å². The first-order valence-electron chi connectivity index (χ1n) is 10.6. The Morgan fingerprint density at radius 1 is 1.00 bits per heavy atom. The van der Waals surface area contributed by atoms with Gasteiger partial charge in [0.2, 0.25) is 5.91 Å². The normalized spacial score (nSPS) is 11.7. The summed E-state index contributed by atoms with van der Waals surface area (Å²) in [6, 6.07) is 10.3. The average molecular weight is 442 g/mol. The molecule has 2 aromatic carbocycles. The summed E-state index contributed by atoms with van der Waals surface area (Å²) in [6.07, 6.45) is -0.0252. The Morgan fingerprint density at radius 2 is 1.66 bits per heavy atom. The molecule has 0 aromatic heterocycles. The zero-order valence-electron chi connectivity index (χ0n) is 19.2. The molecule has 0 aliphatic rings. The Bertz CT molecular complexity index is 982. The Labute approximate surface area is 188 Å². The third-order valence-corrected chi connectivity index (χ3v) is 5.15. The summed E-state index contributed by atoms with van der Waals surface area (Å²) in [7, 11) is 0. The van der Waals surface area contributed by atoms with Crippen LogP contribution in [-0.2, 0) is 32.3 Å². The van der Waals surface area contributed by atoms with Gasteiger partial charge in [0.1, 0.15) is 18.1 Å². The van der Waals surface area contributed by atoms with Gasteiger partial charge in [0.25, 0.3) is 0 Å². The summed E-state index contributed by atoms with van der Waals surface area (Å²) in [4.78, 5) is 36.2. The monoisotopic (exact) mass is 441 g/mol. The third kappa shape index (κ3) is 7.41. The lowest BCUT2D eigenvalue weighted by molar-refractivity contribution is -0.148. The number of amides is 1. The van der Waals surface area contributed by atoms with E-state index in [1.165, 1.54) is 6.92 Å². The molecule has 0 heterocycles. The smallest absolute Gasteiger partial charge is 0.308 e. The first kappa shape index (κ1) is 24.9. The Balaban J connectivity index is 1.90. The van der Waals surface area contributed by atoms with E-state index in [4.69, 9.17) is 9.47 Å². The minimum absolute atomic E-state index is 0.0252. The van der Waals surface area contributed by atoms with Gasteiger partial charge in [-0.25, -0.2) is 0 Å². The highest BCUT2D eigenvalue weighted by atomic mass is 16.5. The molecular weight excluding hydrogens is 410 g/mol. The van der Waals surface area contributed by atoms with Crippen LogP contribution in [0, 0.1) is 25.7 Å². The molecule has 0 saturated carbocycles. The molecule has 0 radical (unpaired) electrons. The van der Waals surface area contributed by atoms with Crippen molar-refractivity contribution in [3.8, 4) is 11.5 Å². The largest absolute Gasteiger partial charge is 0.508 e. The summed E-state index contributed by atoms with van der Waals surface area (Å²) >= 11 is 0. The van der Waals surface area contributed by atoms with Crippen molar-refractivity contribution in [2.45, 2.75) is 54.2 Å². The van der Waals surface area contributed by atoms with Crippen LogP contribution in [0.4, 0.5) is 0 Å². The topological polar surface area (TPSA) is 102 Å². The first-order chi connectivity index (χ1) is 15.1. The predicted molar refractivity (Wildman–Crippen MR) is 120 cm³/mol. The van der Waals surface area contributed by atoms with Gasteiger partial charge < -0.3 is 19.9 Å². The summed E-state index contributed by atoms with van der Waals surface area (Å²) in [5.41, 5.74) is 3.13. The fourth-order valence-corrected chi connectivity index (χ4v) is 3.25. The van der Waals surface area contributed by atoms with Crippen LogP contribution in [0.1, 0.15) is 49.4 Å². The summed E-state index contributed by atoms with van der Waals surface area (Å²) in [6.45, 7) is 9.09. The maximum Gasteiger partial charge on any atom is 0.308 e. The van der Waals surface area contributed by atoms with Crippen molar-refractivity contribution >= 4 is 17.8 Å². The van der Waals surface area contributed by atoms with Gasteiger partial charge in [0.15, 0.2) is 0 Å². The standard InChI is InChI=1S/C25H31NO6/c1-15(2)21(25(30)26-13-19-6-8-22(28)16(3)10-19)12-24(29)31-14-20-7-9-23(17(4)11-20)32-18(5)27/h6-11,15,21,28H,12-14H2,1-5H3,(H,26,30)/t21-/m0/s1. The van der Waals surface area contributed by atoms with Crippen LogP contribution >= 0.6 is 0 Å². The molecule has 7 heteroatoms. The number of benzene rings is 2. The molecule has 0 unspecified atom stereocenters. The van der Waals surface area contributed by atoms with Gasteiger partial charge in [-0.3, -0.25) is 14.4 Å². The number of phenolic OH excluding ortho intramolecular Hbond substituents is 1. The molecule has 2 aromatic rings. The predicted octanol–water partition coefficient (Wildman–Crippen LogP) is 3.96. The second-order valence-corrected chi connectivity index (χ2v) is 8.25. The summed E-state index contributed by atoms with van der Waals surface area (Å²) < 4.78 is 10.5. The maximum atomic E-state index is 12.7. The number of aryl methyl sites for hydroxylation is 2. The molecule has 2 N–H and O–H groups in total. The molecule has 0 fully saturated rings. The van der Waals surface area contributed by atoms with E-state index in [1.54, 1.807) is 44.2 Å². The zero-order valence-corrected chi connectivity index (χ0v) is 19.2. The van der Waals surface area contributed by atoms with E-state index in [0.29, 0.717) is 12.3 Å². The SMILES string of the molecule is CC(=O)Oc1ccc(COC(=O)C[C@H](C(=O)NCc2ccc(O)c(C)c2)C(C)C)cc1C. The molecule has 1 amide bonds. The van der Waals surface area contributed by atoms with E-state index in [0.717, 1.165) is 22.3 Å². The summed E-state index contributed by atoms with van der Waals surface area (Å²) in [5.74, 6) is -0.966. The number of carbonyl (C=O) groups excluding carboxylic acids is 3. The molecule has 1 atom stereocenters. The van der Waals surface area contributed by atoms with E-state index in [9.17, 15) is 19.5 Å². The van der Waals surface area contributed by atoms with Crippen LogP contribution in [0.3, 0.4) is 0 Å². The van der Waals surface area contributed by atoms with Gasteiger partial charge in [0.05, 0.1) is 12.3 Å². The van der Waals surface area contributed by atoms with Crippen LogP contribution in [-0.4, -0.2) is 23.0 Å². The van der Waals surface area contributed by atoms with Gasteiger partial charge in [-0.15, -0.1) is 0 Å². The van der Waals surface area contributed by atoms with Gasteiger partial charge in [-0.05, 0) is 60.2 Å². The highest BCUT2D eigenvalue weighted by molar-refractivity contribution is 5.84. The molecule has 172 valence electrons. The number of ether oxygens (including phenoxy) is 2. The van der Waals surface area contributed by atoms with Crippen molar-refractivity contribution in [2.75, 3.05) is 0 Å². The van der Waals surface area contributed by atoms with Gasteiger partial charge in [-0.1, -0.05) is 32.0 Å². The van der Waals surface area contributed by atoms with E-state index in [2.05, 4.69) is 5.32 Å². The van der Waals surface area contributed by atoms with Crippen LogP contribution in [0.15, 0.2) is 36.4 Å². The minimum atomic E-state index is -0.520. The minimum Gasteiger partial charge on any atom is -0.508 e. The van der Waals surface area contributed by atoms with Crippen LogP contribution in [0.25, 0.3) is 0 Å². The second kappa shape index (κ2) is 11.3. The van der Waals surface area contributed by atoms with Gasteiger partial charge in [0, 0.05) is 13.5 Å². The molecule has 32 heavy (non-hydrogen) atoms. The maximum absolute atomic E-state index is 12.7. The van der Waals surface area contributed by atoms with Crippen molar-refractivity contribution in [1.82, 2.24) is 5.32 Å². The number of nitrogens with one attached hydrogen (secondary N) is 1. The second-order valence-electron chi connectivity index (χ2n) is 8.25. The number of carbonyl (C=O) groups is 3. The van der Waals surface area contributed by atoms with E-state index in [1.807, 2.05) is 19.9 Å². The number of phenols is 1. The fourth-order valence-electron chi connectivity index (χ4n) is 3.25. The van der Waals surface area contributed by atoms with E-state index >= 15 is 0 Å². The highest BCUT2D eigenvalue weighted by Gasteiger charge is 2.26. The quantitative estimate of drug-likeness (QED) is 0.451. The van der Waals surface area contributed by atoms with Crippen LogP contribution < -0.4 is 10.1 Å². The molecule has 0 spiro atoms.